The molecule has 104 valence electrons. The van der Waals surface area contributed by atoms with Gasteiger partial charge in [0.05, 0.1) is 13.2 Å². The van der Waals surface area contributed by atoms with E-state index < -0.39 is 0 Å². The number of ether oxygens (including phenoxy) is 1. The van der Waals surface area contributed by atoms with Gasteiger partial charge < -0.3 is 15.4 Å². The van der Waals surface area contributed by atoms with Crippen molar-refractivity contribution in [1.29, 1.82) is 0 Å². The van der Waals surface area contributed by atoms with Gasteiger partial charge in [0.25, 0.3) is 0 Å². The highest BCUT2D eigenvalue weighted by Crippen LogP contribution is 2.17. The Morgan fingerprint density at radius 1 is 1.47 bits per heavy atom. The first-order valence-electron chi connectivity index (χ1n) is 6.85. The first-order valence-corrected chi connectivity index (χ1v) is 6.85. The quantitative estimate of drug-likeness (QED) is 0.853. The fourth-order valence-corrected chi connectivity index (χ4v) is 2.43. The molecule has 0 bridgehead atoms. The molecule has 1 heterocycles. The number of carbonyl (C=O) groups excluding carboxylic acids is 1. The Bertz CT molecular complexity index is 411. The number of rotatable bonds is 5. The molecule has 0 aromatic heterocycles. The Labute approximate surface area is 114 Å². The lowest BCUT2D eigenvalue weighted by Gasteiger charge is -2.16. The van der Waals surface area contributed by atoms with E-state index in [9.17, 15) is 4.79 Å². The second-order valence-electron chi connectivity index (χ2n) is 5.06. The molecule has 0 radical (unpaired) electrons. The van der Waals surface area contributed by atoms with Crippen LogP contribution in [0.4, 0.5) is 0 Å². The molecule has 2 rings (SSSR count). The van der Waals surface area contributed by atoms with Gasteiger partial charge in [0.15, 0.2) is 0 Å². The van der Waals surface area contributed by atoms with E-state index in [1.165, 1.54) is 6.42 Å². The van der Waals surface area contributed by atoms with E-state index in [-0.39, 0.29) is 11.9 Å². The molecule has 0 saturated carbocycles. The third kappa shape index (κ3) is 3.96. The topological polar surface area (TPSA) is 50.4 Å². The van der Waals surface area contributed by atoms with Crippen LogP contribution in [0.5, 0.6) is 5.75 Å². The van der Waals surface area contributed by atoms with Crippen LogP contribution >= 0.6 is 0 Å². The van der Waals surface area contributed by atoms with Crippen LogP contribution < -0.4 is 15.4 Å². The zero-order chi connectivity index (χ0) is 13.7. The first-order chi connectivity index (χ1) is 9.19. The second-order valence-corrected chi connectivity index (χ2v) is 5.06. The lowest BCUT2D eigenvalue weighted by atomic mass is 10.1. The van der Waals surface area contributed by atoms with E-state index in [2.05, 4.69) is 10.6 Å². The van der Waals surface area contributed by atoms with E-state index >= 15 is 0 Å². The molecule has 2 N–H and O–H groups in total. The Morgan fingerprint density at radius 2 is 2.21 bits per heavy atom. The van der Waals surface area contributed by atoms with Crippen molar-refractivity contribution < 1.29 is 9.53 Å². The molecular weight excluding hydrogens is 240 g/mol. The first kappa shape index (κ1) is 13.9. The fourth-order valence-electron chi connectivity index (χ4n) is 2.43. The van der Waals surface area contributed by atoms with Crippen molar-refractivity contribution >= 4 is 5.91 Å². The van der Waals surface area contributed by atoms with Gasteiger partial charge in [-0.25, -0.2) is 0 Å². The van der Waals surface area contributed by atoms with Crippen molar-refractivity contribution in [2.45, 2.75) is 38.3 Å². The van der Waals surface area contributed by atoms with Crippen LogP contribution in [0.2, 0.25) is 0 Å². The summed E-state index contributed by atoms with van der Waals surface area (Å²) >= 11 is 0. The van der Waals surface area contributed by atoms with Crippen LogP contribution in [-0.4, -0.2) is 25.6 Å². The predicted octanol–water partition coefficient (Wildman–Crippen LogP) is 2.01. The summed E-state index contributed by atoms with van der Waals surface area (Å²) in [5.74, 6) is 0.945. The smallest absolute Gasteiger partial charge is 0.222 e. The molecule has 1 aliphatic rings. The average Bonchev–Trinajstić information content (AvgIpc) is 2.91. The van der Waals surface area contributed by atoms with Crippen LogP contribution in [0, 0.1) is 0 Å². The Balaban J connectivity index is 1.84. The summed E-state index contributed by atoms with van der Waals surface area (Å²) in [6.45, 7) is 3.04. The molecule has 2 atom stereocenters. The number of hydrogen-bond acceptors (Lipinski definition) is 3. The normalized spacial score (nSPS) is 20.0. The van der Waals surface area contributed by atoms with E-state index in [0.29, 0.717) is 12.5 Å². The van der Waals surface area contributed by atoms with Gasteiger partial charge in [0.2, 0.25) is 5.91 Å². The summed E-state index contributed by atoms with van der Waals surface area (Å²) in [6, 6.07) is 8.17. The maximum atomic E-state index is 11.9. The van der Waals surface area contributed by atoms with Gasteiger partial charge in [-0.05, 0) is 44.0 Å². The van der Waals surface area contributed by atoms with E-state index in [1.807, 2.05) is 31.2 Å². The summed E-state index contributed by atoms with van der Waals surface area (Å²) in [4.78, 5) is 11.9. The van der Waals surface area contributed by atoms with Crippen LogP contribution in [-0.2, 0) is 4.79 Å². The number of hydrogen-bond donors (Lipinski definition) is 2. The van der Waals surface area contributed by atoms with Gasteiger partial charge in [-0.2, -0.15) is 0 Å². The molecule has 0 spiro atoms. The summed E-state index contributed by atoms with van der Waals surface area (Å²) in [5, 5.41) is 6.38. The lowest BCUT2D eigenvalue weighted by Crippen LogP contribution is -2.33. The molecule has 1 amide bonds. The van der Waals surface area contributed by atoms with Crippen LogP contribution in [0.1, 0.15) is 37.8 Å². The Kier molecular flexibility index (Phi) is 4.80. The molecule has 4 heteroatoms. The third-order valence-electron chi connectivity index (χ3n) is 3.59. The van der Waals surface area contributed by atoms with Crippen molar-refractivity contribution in [3.63, 3.8) is 0 Å². The van der Waals surface area contributed by atoms with Crippen LogP contribution in [0.3, 0.4) is 0 Å². The minimum absolute atomic E-state index is 0.0276. The maximum absolute atomic E-state index is 11.9. The SMILES string of the molecule is COc1ccc(C(C)NC(=O)CC2CCCN2)cc1. The fraction of sp³-hybridized carbons (Fsp3) is 0.533. The number of methoxy groups -OCH3 is 1. The molecule has 1 aromatic rings. The number of carbonyl (C=O) groups is 1. The third-order valence-corrected chi connectivity index (χ3v) is 3.59. The molecule has 2 unspecified atom stereocenters. The highest BCUT2D eigenvalue weighted by molar-refractivity contribution is 5.77. The molecule has 1 aromatic carbocycles. The van der Waals surface area contributed by atoms with Crippen molar-refractivity contribution in [1.82, 2.24) is 10.6 Å². The summed E-state index contributed by atoms with van der Waals surface area (Å²) in [7, 11) is 1.65. The Morgan fingerprint density at radius 3 is 2.79 bits per heavy atom. The van der Waals surface area contributed by atoms with Gasteiger partial charge in [0, 0.05) is 12.5 Å². The zero-order valence-corrected chi connectivity index (χ0v) is 11.6. The van der Waals surface area contributed by atoms with E-state index in [4.69, 9.17) is 4.74 Å². The molecular formula is C15H22N2O2. The van der Waals surface area contributed by atoms with E-state index in [1.54, 1.807) is 7.11 Å². The highest BCUT2D eigenvalue weighted by Gasteiger charge is 2.18. The highest BCUT2D eigenvalue weighted by atomic mass is 16.5. The largest absolute Gasteiger partial charge is 0.497 e. The molecule has 19 heavy (non-hydrogen) atoms. The lowest BCUT2D eigenvalue weighted by molar-refractivity contribution is -0.122. The number of nitrogens with one attached hydrogen (secondary N) is 2. The zero-order valence-electron chi connectivity index (χ0n) is 11.6. The van der Waals surface area contributed by atoms with Gasteiger partial charge in [-0.3, -0.25) is 4.79 Å². The maximum Gasteiger partial charge on any atom is 0.222 e. The van der Waals surface area contributed by atoms with Gasteiger partial charge in [-0.15, -0.1) is 0 Å². The molecule has 0 aliphatic carbocycles. The van der Waals surface area contributed by atoms with Gasteiger partial charge in [0.1, 0.15) is 5.75 Å². The van der Waals surface area contributed by atoms with Crippen molar-refractivity contribution in [3.05, 3.63) is 29.8 Å². The number of amides is 1. The number of benzene rings is 1. The molecule has 1 fully saturated rings. The second kappa shape index (κ2) is 6.57. The van der Waals surface area contributed by atoms with Crippen LogP contribution in [0.25, 0.3) is 0 Å². The predicted molar refractivity (Wildman–Crippen MR) is 75.2 cm³/mol. The van der Waals surface area contributed by atoms with Crippen LogP contribution in [0.15, 0.2) is 24.3 Å². The standard InChI is InChI=1S/C15H22N2O2/c1-11(12-5-7-14(19-2)8-6-12)17-15(18)10-13-4-3-9-16-13/h5-8,11,13,16H,3-4,9-10H2,1-2H3,(H,17,18). The van der Waals surface area contributed by atoms with Crippen molar-refractivity contribution in [2.24, 2.45) is 0 Å². The van der Waals surface area contributed by atoms with E-state index in [0.717, 1.165) is 24.3 Å². The summed E-state index contributed by atoms with van der Waals surface area (Å²) < 4.78 is 5.12. The summed E-state index contributed by atoms with van der Waals surface area (Å²) in [6.07, 6.45) is 2.84. The monoisotopic (exact) mass is 262 g/mol. The van der Waals surface area contributed by atoms with Crippen molar-refractivity contribution in [2.75, 3.05) is 13.7 Å². The van der Waals surface area contributed by atoms with Gasteiger partial charge >= 0.3 is 0 Å². The average molecular weight is 262 g/mol. The minimum atomic E-state index is 0.0276. The van der Waals surface area contributed by atoms with Crippen molar-refractivity contribution in [3.8, 4) is 5.75 Å². The molecule has 4 nitrogen and oxygen atoms in total. The molecule has 1 aliphatic heterocycles. The van der Waals surface area contributed by atoms with Gasteiger partial charge in [-0.1, -0.05) is 12.1 Å². The molecule has 1 saturated heterocycles. The Hall–Kier alpha value is -1.55. The summed E-state index contributed by atoms with van der Waals surface area (Å²) in [5.41, 5.74) is 1.09. The minimum Gasteiger partial charge on any atom is -0.497 e.